The standard InChI is InChI=1S/C23H15Cl2N3O4S/c24-17-8-3-9-18(25)19(17)28(20(29)14-5-4-10-26-13-14)23(33)32-12-11-27-21(30)15-6-1-2-7-16(15)22(27)31/h1-10,13H,11-12H2. The molecule has 3 aromatic rings. The Balaban J connectivity index is 1.54. The van der Waals surface area contributed by atoms with Crippen LogP contribution < -0.4 is 4.90 Å². The number of aromatic nitrogens is 1. The summed E-state index contributed by atoms with van der Waals surface area (Å²) in [4.78, 5) is 44.4. The molecule has 0 unspecified atom stereocenters. The number of thiocarbonyl (C=S) groups is 1. The first-order chi connectivity index (χ1) is 15.9. The van der Waals surface area contributed by atoms with Crippen molar-refractivity contribution in [1.82, 2.24) is 9.88 Å². The van der Waals surface area contributed by atoms with E-state index < -0.39 is 17.7 Å². The van der Waals surface area contributed by atoms with E-state index in [-0.39, 0.29) is 39.6 Å². The molecular weight excluding hydrogens is 485 g/mol. The summed E-state index contributed by atoms with van der Waals surface area (Å²) in [5.41, 5.74) is 1.06. The van der Waals surface area contributed by atoms with Crippen LogP contribution in [0.1, 0.15) is 31.1 Å². The van der Waals surface area contributed by atoms with Gasteiger partial charge in [-0.3, -0.25) is 24.3 Å². The smallest absolute Gasteiger partial charge is 0.271 e. The number of amides is 3. The van der Waals surface area contributed by atoms with Gasteiger partial charge >= 0.3 is 0 Å². The number of pyridine rings is 1. The van der Waals surface area contributed by atoms with Crippen LogP contribution in [0.15, 0.2) is 67.0 Å². The van der Waals surface area contributed by atoms with Crippen LogP contribution in [0, 0.1) is 0 Å². The van der Waals surface area contributed by atoms with Crippen molar-refractivity contribution in [2.24, 2.45) is 0 Å². The minimum absolute atomic E-state index is 0.0579. The normalized spacial score (nSPS) is 12.5. The fraction of sp³-hybridized carbons (Fsp3) is 0.0870. The maximum atomic E-state index is 13.2. The molecule has 2 heterocycles. The molecule has 0 bridgehead atoms. The molecule has 3 amide bonds. The quantitative estimate of drug-likeness (QED) is 0.376. The monoisotopic (exact) mass is 499 g/mol. The Kier molecular flexibility index (Phi) is 6.69. The number of ether oxygens (including phenoxy) is 1. The molecule has 1 aromatic heterocycles. The molecule has 33 heavy (non-hydrogen) atoms. The van der Waals surface area contributed by atoms with Crippen molar-refractivity contribution in [2.75, 3.05) is 18.1 Å². The molecule has 166 valence electrons. The fourth-order valence-corrected chi connectivity index (χ4v) is 4.15. The summed E-state index contributed by atoms with van der Waals surface area (Å²) >= 11 is 18.0. The van der Waals surface area contributed by atoms with Gasteiger partial charge in [-0.15, -0.1) is 0 Å². The summed E-state index contributed by atoms with van der Waals surface area (Å²) in [6.45, 7) is -0.194. The summed E-state index contributed by atoms with van der Waals surface area (Å²) in [6.07, 6.45) is 2.90. The van der Waals surface area contributed by atoms with Crippen molar-refractivity contribution < 1.29 is 19.1 Å². The lowest BCUT2D eigenvalue weighted by Gasteiger charge is -2.25. The van der Waals surface area contributed by atoms with E-state index in [0.717, 1.165) is 9.80 Å². The average Bonchev–Trinajstić information content (AvgIpc) is 3.06. The van der Waals surface area contributed by atoms with Crippen molar-refractivity contribution in [3.05, 3.63) is 93.7 Å². The Morgan fingerprint density at radius 3 is 2.18 bits per heavy atom. The van der Waals surface area contributed by atoms with E-state index in [0.29, 0.717) is 11.1 Å². The van der Waals surface area contributed by atoms with E-state index in [1.165, 1.54) is 12.4 Å². The first kappa shape index (κ1) is 22.8. The number of hydrogen-bond donors (Lipinski definition) is 0. The van der Waals surface area contributed by atoms with E-state index in [1.807, 2.05) is 0 Å². The van der Waals surface area contributed by atoms with Crippen LogP contribution in [0.4, 0.5) is 5.69 Å². The van der Waals surface area contributed by atoms with Gasteiger partial charge in [0.15, 0.2) is 0 Å². The van der Waals surface area contributed by atoms with E-state index in [2.05, 4.69) is 4.98 Å². The lowest BCUT2D eigenvalue weighted by Crippen LogP contribution is -2.40. The molecule has 10 heteroatoms. The Labute approximate surface area is 204 Å². The molecule has 7 nitrogen and oxygen atoms in total. The molecule has 0 spiro atoms. The third-order valence-electron chi connectivity index (χ3n) is 4.87. The summed E-state index contributed by atoms with van der Waals surface area (Å²) in [5.74, 6) is -1.38. The van der Waals surface area contributed by atoms with Gasteiger partial charge in [-0.2, -0.15) is 0 Å². The molecule has 0 saturated heterocycles. The number of para-hydroxylation sites is 1. The number of hydrogen-bond acceptors (Lipinski definition) is 6. The topological polar surface area (TPSA) is 79.8 Å². The molecule has 4 rings (SSSR count). The minimum atomic E-state index is -0.552. The van der Waals surface area contributed by atoms with Gasteiger partial charge < -0.3 is 4.74 Å². The molecule has 0 N–H and O–H groups in total. The zero-order chi connectivity index (χ0) is 23.5. The first-order valence-corrected chi connectivity index (χ1v) is 10.9. The Morgan fingerprint density at radius 1 is 0.970 bits per heavy atom. The third-order valence-corrected chi connectivity index (χ3v) is 5.78. The van der Waals surface area contributed by atoms with Crippen LogP contribution in [0.25, 0.3) is 0 Å². The molecule has 0 atom stereocenters. The number of nitrogens with zero attached hydrogens (tertiary/aromatic N) is 3. The summed E-state index contributed by atoms with van der Waals surface area (Å²) in [7, 11) is 0. The van der Waals surface area contributed by atoms with Crippen LogP contribution in [-0.4, -0.2) is 45.9 Å². The largest absolute Gasteiger partial charge is 0.468 e. The molecule has 0 aliphatic carbocycles. The maximum absolute atomic E-state index is 13.2. The highest BCUT2D eigenvalue weighted by molar-refractivity contribution is 7.80. The number of benzene rings is 2. The zero-order valence-corrected chi connectivity index (χ0v) is 19.2. The Morgan fingerprint density at radius 2 is 1.61 bits per heavy atom. The zero-order valence-electron chi connectivity index (χ0n) is 16.9. The lowest BCUT2D eigenvalue weighted by molar-refractivity contribution is 0.0627. The van der Waals surface area contributed by atoms with E-state index >= 15 is 0 Å². The number of halogens is 2. The lowest BCUT2D eigenvalue weighted by atomic mass is 10.1. The van der Waals surface area contributed by atoms with Crippen LogP contribution in [0.5, 0.6) is 0 Å². The summed E-state index contributed by atoms with van der Waals surface area (Å²) in [6, 6.07) is 14.5. The van der Waals surface area contributed by atoms with Crippen molar-refractivity contribution in [1.29, 1.82) is 0 Å². The molecular formula is C23H15Cl2N3O4S. The second kappa shape index (κ2) is 9.66. The van der Waals surface area contributed by atoms with Crippen LogP contribution in [0.2, 0.25) is 10.0 Å². The first-order valence-electron chi connectivity index (χ1n) is 9.70. The van der Waals surface area contributed by atoms with Crippen LogP contribution in [-0.2, 0) is 4.74 Å². The molecule has 1 aliphatic rings. The number of carbonyl (C=O) groups is 3. The average molecular weight is 500 g/mol. The molecule has 0 fully saturated rings. The van der Waals surface area contributed by atoms with Gasteiger partial charge in [-0.25, -0.2) is 4.90 Å². The van der Waals surface area contributed by atoms with E-state index in [4.69, 9.17) is 40.2 Å². The second-order valence-electron chi connectivity index (χ2n) is 6.87. The number of rotatable bonds is 5. The van der Waals surface area contributed by atoms with Crippen molar-refractivity contribution in [3.8, 4) is 0 Å². The highest BCUT2D eigenvalue weighted by Gasteiger charge is 2.35. The molecule has 0 saturated carbocycles. The van der Waals surface area contributed by atoms with Crippen molar-refractivity contribution in [2.45, 2.75) is 0 Å². The molecule has 2 aromatic carbocycles. The van der Waals surface area contributed by atoms with Gasteiger partial charge in [0.1, 0.15) is 6.61 Å². The molecule has 1 aliphatic heterocycles. The van der Waals surface area contributed by atoms with Gasteiger partial charge in [0.05, 0.1) is 39.0 Å². The SMILES string of the molecule is O=C1c2ccccc2C(=O)N1CCOC(=S)N(C(=O)c1cccnc1)c1c(Cl)cccc1Cl. The van der Waals surface area contributed by atoms with Gasteiger partial charge in [0, 0.05) is 12.4 Å². The number of anilines is 1. The van der Waals surface area contributed by atoms with Crippen LogP contribution in [0.3, 0.4) is 0 Å². The van der Waals surface area contributed by atoms with Crippen LogP contribution >= 0.6 is 35.4 Å². The van der Waals surface area contributed by atoms with Crippen molar-refractivity contribution in [3.63, 3.8) is 0 Å². The van der Waals surface area contributed by atoms with Gasteiger partial charge in [0.2, 0.25) is 0 Å². The van der Waals surface area contributed by atoms with Gasteiger partial charge in [0.25, 0.3) is 22.9 Å². The van der Waals surface area contributed by atoms with Gasteiger partial charge in [-0.05, 0) is 48.6 Å². The number of carbonyl (C=O) groups excluding carboxylic acids is 3. The van der Waals surface area contributed by atoms with E-state index in [9.17, 15) is 14.4 Å². The predicted molar refractivity (Wildman–Crippen MR) is 128 cm³/mol. The highest BCUT2D eigenvalue weighted by atomic mass is 35.5. The third kappa shape index (κ3) is 4.45. The summed E-state index contributed by atoms with van der Waals surface area (Å²) < 4.78 is 5.62. The highest BCUT2D eigenvalue weighted by Crippen LogP contribution is 2.35. The van der Waals surface area contributed by atoms with E-state index in [1.54, 1.807) is 54.6 Å². The summed E-state index contributed by atoms with van der Waals surface area (Å²) in [5, 5.41) is 0.132. The predicted octanol–water partition coefficient (Wildman–Crippen LogP) is 4.63. The maximum Gasteiger partial charge on any atom is 0.271 e. The van der Waals surface area contributed by atoms with Crippen molar-refractivity contribution >= 4 is 64.0 Å². The molecule has 0 radical (unpaired) electrons. The fourth-order valence-electron chi connectivity index (χ4n) is 3.33. The Bertz CT molecular complexity index is 1210. The minimum Gasteiger partial charge on any atom is -0.468 e. The Hall–Kier alpha value is -3.33. The second-order valence-corrected chi connectivity index (χ2v) is 8.04. The van der Waals surface area contributed by atoms with Gasteiger partial charge in [-0.1, -0.05) is 41.4 Å². The number of imide groups is 1. The number of fused-ring (bicyclic) bond motifs is 1.